The average molecular weight is 452 g/mol. The molecule has 0 bridgehead atoms. The van der Waals surface area contributed by atoms with Gasteiger partial charge in [-0.2, -0.15) is 15.3 Å². The van der Waals surface area contributed by atoms with E-state index < -0.39 is 0 Å². The van der Waals surface area contributed by atoms with Gasteiger partial charge in [0.25, 0.3) is 0 Å². The van der Waals surface area contributed by atoms with Crippen molar-refractivity contribution in [2.75, 3.05) is 28.6 Å². The van der Waals surface area contributed by atoms with Gasteiger partial charge >= 0.3 is 0 Å². The van der Waals surface area contributed by atoms with Crippen LogP contribution < -0.4 is 15.5 Å². The van der Waals surface area contributed by atoms with Crippen molar-refractivity contribution >= 4 is 34.9 Å². The molecule has 9 nitrogen and oxygen atoms in total. The van der Waals surface area contributed by atoms with Crippen molar-refractivity contribution in [1.82, 2.24) is 24.7 Å². The molecule has 0 spiro atoms. The summed E-state index contributed by atoms with van der Waals surface area (Å²) in [5.74, 6) is 2.39. The standard InChI is InChI=1S/C22H26ClN9/c1-4-16-12-32(20-6-5-15(9-24)10-25-20)8-7-18(16)27-21-17(23)11-26-22(29-21)28-19-13-31(3)30-14(19)2/h5-6,10-11,13,16,18H,4,7-8,12H2,1-3H3,(H2,26,27,28,29). The first kappa shape index (κ1) is 21.8. The molecular weight excluding hydrogens is 426 g/mol. The van der Waals surface area contributed by atoms with E-state index in [2.05, 4.69) is 48.6 Å². The van der Waals surface area contributed by atoms with Crippen LogP contribution in [0.3, 0.4) is 0 Å². The van der Waals surface area contributed by atoms with Crippen molar-refractivity contribution in [3.05, 3.63) is 47.0 Å². The Hall–Kier alpha value is -3.38. The molecule has 1 aliphatic heterocycles. The highest BCUT2D eigenvalue weighted by Crippen LogP contribution is 2.29. The quantitative estimate of drug-likeness (QED) is 0.581. The first-order chi connectivity index (χ1) is 15.5. The first-order valence-electron chi connectivity index (χ1n) is 10.6. The summed E-state index contributed by atoms with van der Waals surface area (Å²) in [6.07, 6.45) is 7.06. The molecule has 1 aliphatic rings. The Balaban J connectivity index is 1.46. The van der Waals surface area contributed by atoms with Crippen LogP contribution in [0.15, 0.2) is 30.7 Å². The Kier molecular flexibility index (Phi) is 6.42. The van der Waals surface area contributed by atoms with Crippen LogP contribution in [0.2, 0.25) is 5.02 Å². The number of nitriles is 1. The van der Waals surface area contributed by atoms with Crippen molar-refractivity contribution in [2.45, 2.75) is 32.7 Å². The zero-order valence-electron chi connectivity index (χ0n) is 18.4. The maximum absolute atomic E-state index is 8.99. The van der Waals surface area contributed by atoms with E-state index in [9.17, 15) is 0 Å². The van der Waals surface area contributed by atoms with E-state index in [-0.39, 0.29) is 6.04 Å². The fourth-order valence-electron chi connectivity index (χ4n) is 4.03. The lowest BCUT2D eigenvalue weighted by Gasteiger charge is -2.39. The number of piperidine rings is 1. The molecule has 10 heteroatoms. The molecule has 2 unspecified atom stereocenters. The van der Waals surface area contributed by atoms with Crippen molar-refractivity contribution < 1.29 is 0 Å². The van der Waals surface area contributed by atoms with Crippen LogP contribution in [0.5, 0.6) is 0 Å². The summed E-state index contributed by atoms with van der Waals surface area (Å²) >= 11 is 6.42. The second-order valence-electron chi connectivity index (χ2n) is 7.99. The fourth-order valence-corrected chi connectivity index (χ4v) is 4.18. The van der Waals surface area contributed by atoms with Gasteiger partial charge in [-0.25, -0.2) is 9.97 Å². The molecule has 4 heterocycles. The van der Waals surface area contributed by atoms with E-state index in [1.54, 1.807) is 17.1 Å². The van der Waals surface area contributed by atoms with Gasteiger partial charge in [-0.15, -0.1) is 0 Å². The molecule has 3 aromatic rings. The van der Waals surface area contributed by atoms with Gasteiger partial charge in [0.15, 0.2) is 5.82 Å². The molecule has 0 saturated carbocycles. The maximum Gasteiger partial charge on any atom is 0.229 e. The molecule has 3 aromatic heterocycles. The summed E-state index contributed by atoms with van der Waals surface area (Å²) in [7, 11) is 1.87. The van der Waals surface area contributed by atoms with E-state index >= 15 is 0 Å². The van der Waals surface area contributed by atoms with Gasteiger partial charge in [-0.3, -0.25) is 4.68 Å². The van der Waals surface area contributed by atoms with E-state index in [0.29, 0.717) is 28.3 Å². The number of halogens is 1. The highest BCUT2D eigenvalue weighted by Gasteiger charge is 2.29. The van der Waals surface area contributed by atoms with E-state index in [4.69, 9.17) is 16.9 Å². The van der Waals surface area contributed by atoms with Gasteiger partial charge in [0.2, 0.25) is 5.95 Å². The number of hydrogen-bond acceptors (Lipinski definition) is 8. The van der Waals surface area contributed by atoms with Crippen molar-refractivity contribution in [2.24, 2.45) is 13.0 Å². The summed E-state index contributed by atoms with van der Waals surface area (Å²) in [4.78, 5) is 15.7. The first-order valence-corrected chi connectivity index (χ1v) is 11.0. The van der Waals surface area contributed by atoms with Crippen LogP contribution in [0.4, 0.5) is 23.3 Å². The SMILES string of the molecule is CCC1CN(c2ccc(C#N)cn2)CCC1Nc1nc(Nc2cn(C)nc2C)ncc1Cl. The number of hydrogen-bond donors (Lipinski definition) is 2. The van der Waals surface area contributed by atoms with Crippen LogP contribution in [0, 0.1) is 24.2 Å². The number of anilines is 4. The predicted octanol–water partition coefficient (Wildman–Crippen LogP) is 3.90. The lowest BCUT2D eigenvalue weighted by atomic mass is 9.90. The summed E-state index contributed by atoms with van der Waals surface area (Å²) in [5, 5.41) is 20.6. The van der Waals surface area contributed by atoms with Crippen molar-refractivity contribution in [3.8, 4) is 6.07 Å². The second-order valence-corrected chi connectivity index (χ2v) is 8.39. The number of nitrogens with zero attached hydrogens (tertiary/aromatic N) is 7. The molecule has 1 fully saturated rings. The van der Waals surface area contributed by atoms with Crippen molar-refractivity contribution in [1.29, 1.82) is 5.26 Å². The molecule has 1 saturated heterocycles. The molecule has 0 aliphatic carbocycles. The molecule has 2 atom stereocenters. The minimum atomic E-state index is 0.231. The lowest BCUT2D eigenvalue weighted by molar-refractivity contribution is 0.365. The Labute approximate surface area is 192 Å². The normalized spacial score (nSPS) is 18.3. The van der Waals surface area contributed by atoms with Crippen LogP contribution in [-0.2, 0) is 7.05 Å². The van der Waals surface area contributed by atoms with Crippen LogP contribution >= 0.6 is 11.6 Å². The number of rotatable bonds is 6. The zero-order valence-corrected chi connectivity index (χ0v) is 19.1. The van der Waals surface area contributed by atoms with Crippen molar-refractivity contribution in [3.63, 3.8) is 0 Å². The monoisotopic (exact) mass is 451 g/mol. The Morgan fingerprint density at radius 2 is 2.12 bits per heavy atom. The fraction of sp³-hybridized carbons (Fsp3) is 0.409. The van der Waals surface area contributed by atoms with Gasteiger partial charge in [0, 0.05) is 38.6 Å². The average Bonchev–Trinajstić information content (AvgIpc) is 3.12. The minimum Gasteiger partial charge on any atom is -0.366 e. The molecule has 32 heavy (non-hydrogen) atoms. The summed E-state index contributed by atoms with van der Waals surface area (Å²) < 4.78 is 1.75. The topological polar surface area (TPSA) is 108 Å². The van der Waals surface area contributed by atoms with E-state index in [1.807, 2.05) is 32.3 Å². The number of pyridine rings is 1. The van der Waals surface area contributed by atoms with Crippen LogP contribution in [-0.4, -0.2) is 43.9 Å². The second kappa shape index (κ2) is 9.40. The largest absolute Gasteiger partial charge is 0.366 e. The summed E-state index contributed by atoms with van der Waals surface area (Å²) in [6, 6.07) is 6.07. The Morgan fingerprint density at radius 3 is 2.78 bits per heavy atom. The highest BCUT2D eigenvalue weighted by molar-refractivity contribution is 6.32. The van der Waals surface area contributed by atoms with E-state index in [1.165, 1.54) is 0 Å². The summed E-state index contributed by atoms with van der Waals surface area (Å²) in [5.41, 5.74) is 2.30. The van der Waals surface area contributed by atoms with Crippen LogP contribution in [0.1, 0.15) is 31.0 Å². The van der Waals surface area contributed by atoms with Gasteiger partial charge in [0.1, 0.15) is 16.9 Å². The van der Waals surface area contributed by atoms with Gasteiger partial charge < -0.3 is 15.5 Å². The summed E-state index contributed by atoms with van der Waals surface area (Å²) in [6.45, 7) is 5.85. The third-order valence-electron chi connectivity index (χ3n) is 5.79. The molecular formula is C22H26ClN9. The Morgan fingerprint density at radius 1 is 1.28 bits per heavy atom. The Bertz CT molecular complexity index is 1120. The smallest absolute Gasteiger partial charge is 0.229 e. The number of aryl methyl sites for hydroxylation is 2. The van der Waals surface area contributed by atoms with Crippen LogP contribution in [0.25, 0.3) is 0 Å². The molecule has 0 amide bonds. The van der Waals surface area contributed by atoms with Gasteiger partial charge in [-0.05, 0) is 37.8 Å². The van der Waals surface area contributed by atoms with Gasteiger partial charge in [-0.1, -0.05) is 18.5 Å². The predicted molar refractivity (Wildman–Crippen MR) is 125 cm³/mol. The van der Waals surface area contributed by atoms with Gasteiger partial charge in [0.05, 0.1) is 23.1 Å². The third kappa shape index (κ3) is 4.75. The van der Waals surface area contributed by atoms with E-state index in [0.717, 1.165) is 43.1 Å². The zero-order chi connectivity index (χ0) is 22.7. The number of nitrogens with one attached hydrogen (secondary N) is 2. The molecule has 166 valence electrons. The highest BCUT2D eigenvalue weighted by atomic mass is 35.5. The molecule has 4 rings (SSSR count). The molecule has 0 aromatic carbocycles. The third-order valence-corrected chi connectivity index (χ3v) is 6.06. The minimum absolute atomic E-state index is 0.231. The lowest BCUT2D eigenvalue weighted by Crippen LogP contribution is -2.46. The molecule has 0 radical (unpaired) electrons. The number of aromatic nitrogens is 5. The molecule has 2 N–H and O–H groups in total. The maximum atomic E-state index is 8.99.